The normalized spacial score (nSPS) is 10.5. The maximum Gasteiger partial charge on any atom is 0.339 e. The van der Waals surface area contributed by atoms with Crippen molar-refractivity contribution in [1.82, 2.24) is 9.78 Å². The number of hydrogen-bond acceptors (Lipinski definition) is 4. The summed E-state index contributed by atoms with van der Waals surface area (Å²) < 4.78 is 1.36. The first-order valence-electron chi connectivity index (χ1n) is 5.58. The van der Waals surface area contributed by atoms with Gasteiger partial charge in [0.05, 0.1) is 22.7 Å². The third-order valence-corrected chi connectivity index (χ3v) is 2.99. The number of nitro groups is 1. The average Bonchev–Trinajstić information content (AvgIpc) is 2.72. The van der Waals surface area contributed by atoms with Crippen LogP contribution in [-0.2, 0) is 6.54 Å². The highest BCUT2D eigenvalue weighted by Gasteiger charge is 2.17. The molecule has 2 aromatic rings. The minimum absolute atomic E-state index is 0.0709. The molecule has 0 aliphatic carbocycles. The van der Waals surface area contributed by atoms with E-state index in [1.54, 1.807) is 13.0 Å². The number of nitrogens with zero attached hydrogens (tertiary/aromatic N) is 3. The van der Waals surface area contributed by atoms with E-state index in [0.717, 1.165) is 0 Å². The van der Waals surface area contributed by atoms with Crippen LogP contribution < -0.4 is 0 Å². The Morgan fingerprint density at radius 3 is 2.80 bits per heavy atom. The van der Waals surface area contributed by atoms with Crippen LogP contribution in [0.25, 0.3) is 0 Å². The van der Waals surface area contributed by atoms with Crippen LogP contribution in [-0.4, -0.2) is 25.8 Å². The molecular weight excluding hydrogens is 286 g/mol. The smallest absolute Gasteiger partial charge is 0.339 e. The number of aromatic nitrogens is 2. The monoisotopic (exact) mass is 295 g/mol. The predicted octanol–water partition coefficient (Wildman–Crippen LogP) is 2.50. The molecule has 0 bridgehead atoms. The topological polar surface area (TPSA) is 98.3 Å². The zero-order chi connectivity index (χ0) is 14.9. The van der Waals surface area contributed by atoms with E-state index >= 15 is 0 Å². The summed E-state index contributed by atoms with van der Waals surface area (Å²) in [6.07, 6.45) is 1.34. The van der Waals surface area contributed by atoms with Crippen molar-refractivity contribution in [3.8, 4) is 0 Å². The molecule has 0 aliphatic rings. The summed E-state index contributed by atoms with van der Waals surface area (Å²) in [5.74, 6) is -1.08. The van der Waals surface area contributed by atoms with Crippen LogP contribution in [0.1, 0.15) is 21.6 Å². The molecule has 1 heterocycles. The van der Waals surface area contributed by atoms with Gasteiger partial charge >= 0.3 is 5.97 Å². The van der Waals surface area contributed by atoms with Crippen molar-refractivity contribution >= 4 is 23.3 Å². The molecule has 0 saturated carbocycles. The molecule has 20 heavy (non-hydrogen) atoms. The van der Waals surface area contributed by atoms with Crippen molar-refractivity contribution in [2.24, 2.45) is 0 Å². The number of hydrogen-bond donors (Lipinski definition) is 1. The molecule has 2 rings (SSSR count). The summed E-state index contributed by atoms with van der Waals surface area (Å²) in [4.78, 5) is 21.4. The highest BCUT2D eigenvalue weighted by atomic mass is 35.5. The average molecular weight is 296 g/mol. The van der Waals surface area contributed by atoms with E-state index in [2.05, 4.69) is 5.10 Å². The highest BCUT2D eigenvalue weighted by Crippen LogP contribution is 2.24. The standard InChI is InChI=1S/C12H10ClN3O4/c1-7-10(12(17)18)6-15(14-7)5-8-2-3-9(13)4-11(8)16(19)20/h2-4,6H,5H2,1H3,(H,17,18). The Balaban J connectivity index is 2.37. The largest absolute Gasteiger partial charge is 0.478 e. The molecule has 0 aliphatic heterocycles. The van der Waals surface area contributed by atoms with Gasteiger partial charge in [0.25, 0.3) is 5.69 Å². The van der Waals surface area contributed by atoms with Crippen LogP contribution >= 0.6 is 11.6 Å². The predicted molar refractivity (Wildman–Crippen MR) is 71.1 cm³/mol. The van der Waals surface area contributed by atoms with Crippen LogP contribution in [0.5, 0.6) is 0 Å². The summed E-state index contributed by atoms with van der Waals surface area (Å²) >= 11 is 5.73. The van der Waals surface area contributed by atoms with Crippen molar-refractivity contribution in [1.29, 1.82) is 0 Å². The number of carboxylic acids is 1. The van der Waals surface area contributed by atoms with Gasteiger partial charge in [0.1, 0.15) is 5.56 Å². The molecule has 0 saturated heterocycles. The molecule has 0 radical (unpaired) electrons. The van der Waals surface area contributed by atoms with Gasteiger partial charge < -0.3 is 5.11 Å². The first-order chi connectivity index (χ1) is 9.38. The summed E-state index contributed by atoms with van der Waals surface area (Å²) in [5, 5.41) is 24.2. The lowest BCUT2D eigenvalue weighted by Gasteiger charge is -2.03. The van der Waals surface area contributed by atoms with Crippen molar-refractivity contribution in [2.75, 3.05) is 0 Å². The molecule has 7 nitrogen and oxygen atoms in total. The first kappa shape index (κ1) is 14.0. The molecule has 0 amide bonds. The molecule has 104 valence electrons. The Bertz CT molecular complexity index is 696. The zero-order valence-corrected chi connectivity index (χ0v) is 11.2. The van der Waals surface area contributed by atoms with Crippen LogP contribution in [0.2, 0.25) is 5.02 Å². The summed E-state index contributed by atoms with van der Waals surface area (Å²) in [6, 6.07) is 4.32. The van der Waals surface area contributed by atoms with Crippen LogP contribution in [0, 0.1) is 17.0 Å². The second kappa shape index (κ2) is 5.30. The molecule has 8 heteroatoms. The number of nitro benzene ring substituents is 1. The van der Waals surface area contributed by atoms with Gasteiger partial charge in [0.15, 0.2) is 0 Å². The Labute approximate surface area is 118 Å². The fourth-order valence-electron chi connectivity index (χ4n) is 1.82. The van der Waals surface area contributed by atoms with E-state index in [1.165, 1.54) is 23.0 Å². The van der Waals surface area contributed by atoms with Crippen molar-refractivity contribution < 1.29 is 14.8 Å². The highest BCUT2D eigenvalue weighted by molar-refractivity contribution is 6.30. The molecule has 0 fully saturated rings. The minimum atomic E-state index is -1.08. The molecular formula is C12H10ClN3O4. The van der Waals surface area contributed by atoms with Crippen LogP contribution in [0.4, 0.5) is 5.69 Å². The Morgan fingerprint density at radius 2 is 2.25 bits per heavy atom. The fraction of sp³-hybridized carbons (Fsp3) is 0.167. The first-order valence-corrected chi connectivity index (χ1v) is 5.96. The number of benzene rings is 1. The SMILES string of the molecule is Cc1nn(Cc2ccc(Cl)cc2[N+](=O)[O-])cc1C(=O)O. The Hall–Kier alpha value is -2.41. The van der Waals surface area contributed by atoms with E-state index in [1.807, 2.05) is 0 Å². The molecule has 1 N–H and O–H groups in total. The summed E-state index contributed by atoms with van der Waals surface area (Å²) in [5.41, 5.74) is 0.706. The van der Waals surface area contributed by atoms with Gasteiger partial charge in [-0.1, -0.05) is 11.6 Å². The van der Waals surface area contributed by atoms with E-state index in [9.17, 15) is 14.9 Å². The van der Waals surface area contributed by atoms with Gasteiger partial charge in [-0.15, -0.1) is 0 Å². The number of carboxylic acid groups (broad SMARTS) is 1. The van der Waals surface area contributed by atoms with E-state index < -0.39 is 10.9 Å². The van der Waals surface area contributed by atoms with Crippen LogP contribution in [0.3, 0.4) is 0 Å². The van der Waals surface area contributed by atoms with Crippen molar-refractivity contribution in [3.63, 3.8) is 0 Å². The lowest BCUT2D eigenvalue weighted by atomic mass is 10.2. The van der Waals surface area contributed by atoms with Gasteiger partial charge in [-0.3, -0.25) is 14.8 Å². The molecule has 1 aromatic heterocycles. The lowest BCUT2D eigenvalue weighted by Crippen LogP contribution is -2.04. The maximum absolute atomic E-state index is 11.0. The van der Waals surface area contributed by atoms with Gasteiger partial charge in [0.2, 0.25) is 0 Å². The Kier molecular flexibility index (Phi) is 3.71. The molecule has 0 atom stereocenters. The second-order valence-corrected chi connectivity index (χ2v) is 4.60. The third kappa shape index (κ3) is 2.77. The number of halogens is 1. The van der Waals surface area contributed by atoms with E-state index in [-0.39, 0.29) is 22.8 Å². The van der Waals surface area contributed by atoms with Crippen LogP contribution in [0.15, 0.2) is 24.4 Å². The molecule has 0 spiro atoms. The maximum atomic E-state index is 11.0. The summed E-state index contributed by atoms with van der Waals surface area (Å²) in [6.45, 7) is 1.66. The lowest BCUT2D eigenvalue weighted by molar-refractivity contribution is -0.385. The number of rotatable bonds is 4. The second-order valence-electron chi connectivity index (χ2n) is 4.16. The van der Waals surface area contributed by atoms with E-state index in [4.69, 9.17) is 16.7 Å². The fourth-order valence-corrected chi connectivity index (χ4v) is 1.99. The number of carbonyl (C=O) groups is 1. The molecule has 1 aromatic carbocycles. The van der Waals surface area contributed by atoms with Gasteiger partial charge in [-0.25, -0.2) is 4.79 Å². The Morgan fingerprint density at radius 1 is 1.55 bits per heavy atom. The van der Waals surface area contributed by atoms with Gasteiger partial charge in [0, 0.05) is 17.3 Å². The van der Waals surface area contributed by atoms with Crippen molar-refractivity contribution in [2.45, 2.75) is 13.5 Å². The summed E-state index contributed by atoms with van der Waals surface area (Å²) in [7, 11) is 0. The molecule has 0 unspecified atom stereocenters. The van der Waals surface area contributed by atoms with E-state index in [0.29, 0.717) is 11.3 Å². The third-order valence-electron chi connectivity index (χ3n) is 2.75. The van der Waals surface area contributed by atoms with Gasteiger partial charge in [-0.05, 0) is 19.1 Å². The number of aryl methyl sites for hydroxylation is 1. The number of aromatic carboxylic acids is 1. The quantitative estimate of drug-likeness (QED) is 0.690. The minimum Gasteiger partial charge on any atom is -0.478 e. The zero-order valence-electron chi connectivity index (χ0n) is 10.4. The van der Waals surface area contributed by atoms with Gasteiger partial charge in [-0.2, -0.15) is 5.10 Å². The van der Waals surface area contributed by atoms with Crippen molar-refractivity contribution in [3.05, 3.63) is 56.4 Å².